The average molecular weight is 532 g/mol. The fourth-order valence-corrected chi connectivity index (χ4v) is 4.56. The Morgan fingerprint density at radius 3 is 2.15 bits per heavy atom. The molecule has 0 aliphatic carbocycles. The van der Waals surface area contributed by atoms with Gasteiger partial charge in [-0.05, 0) is 67.4 Å². The van der Waals surface area contributed by atoms with Crippen molar-refractivity contribution < 1.29 is 19.1 Å². The highest BCUT2D eigenvalue weighted by Crippen LogP contribution is 2.41. The number of nitrogens with one attached hydrogen (secondary N) is 1. The van der Waals surface area contributed by atoms with Crippen molar-refractivity contribution in [2.45, 2.75) is 20.8 Å². The van der Waals surface area contributed by atoms with Crippen LogP contribution in [-0.4, -0.2) is 28.8 Å². The average Bonchev–Trinajstić information content (AvgIpc) is 3.32. The SMILES string of the molecule is COc1ccc(C(=O)Nc2ccc(-c3c(-c4ccccc4)nn(-c4ccc(C)cc4C)c3OC(C)=O)cc2)cc1. The molecule has 40 heavy (non-hydrogen) atoms. The highest BCUT2D eigenvalue weighted by molar-refractivity contribution is 6.04. The molecule has 1 aromatic heterocycles. The van der Waals surface area contributed by atoms with Gasteiger partial charge in [-0.25, -0.2) is 0 Å². The Balaban J connectivity index is 1.58. The van der Waals surface area contributed by atoms with Crippen LogP contribution in [0.2, 0.25) is 0 Å². The lowest BCUT2D eigenvalue weighted by molar-refractivity contribution is -0.132. The number of rotatable bonds is 7. The van der Waals surface area contributed by atoms with E-state index in [0.29, 0.717) is 34.1 Å². The molecule has 0 bridgehead atoms. The molecule has 1 heterocycles. The van der Waals surface area contributed by atoms with E-state index in [9.17, 15) is 9.59 Å². The number of aryl methyl sites for hydroxylation is 2. The van der Waals surface area contributed by atoms with Crippen LogP contribution in [0.15, 0.2) is 97.1 Å². The van der Waals surface area contributed by atoms with Gasteiger partial charge in [0.25, 0.3) is 5.91 Å². The normalized spacial score (nSPS) is 10.7. The molecule has 0 saturated heterocycles. The molecular weight excluding hydrogens is 502 g/mol. The first-order chi connectivity index (χ1) is 19.3. The maximum atomic E-state index is 12.8. The maximum absolute atomic E-state index is 12.8. The lowest BCUT2D eigenvalue weighted by Crippen LogP contribution is -2.11. The summed E-state index contributed by atoms with van der Waals surface area (Å²) in [5, 5.41) is 7.88. The minimum Gasteiger partial charge on any atom is -0.497 e. The number of nitrogens with zero attached hydrogens (tertiary/aromatic N) is 2. The van der Waals surface area contributed by atoms with Gasteiger partial charge in [-0.3, -0.25) is 9.59 Å². The number of ether oxygens (including phenoxy) is 2. The molecular formula is C33H29N3O4. The van der Waals surface area contributed by atoms with Gasteiger partial charge >= 0.3 is 5.97 Å². The minimum absolute atomic E-state index is 0.233. The van der Waals surface area contributed by atoms with E-state index >= 15 is 0 Å². The molecule has 7 nitrogen and oxygen atoms in total. The third-order valence-corrected chi connectivity index (χ3v) is 6.49. The molecule has 1 N–H and O–H groups in total. The molecule has 7 heteroatoms. The Labute approximate surface area is 233 Å². The second kappa shape index (κ2) is 11.3. The van der Waals surface area contributed by atoms with E-state index < -0.39 is 5.97 Å². The monoisotopic (exact) mass is 531 g/mol. The van der Waals surface area contributed by atoms with Crippen molar-refractivity contribution in [1.82, 2.24) is 9.78 Å². The van der Waals surface area contributed by atoms with Crippen LogP contribution in [-0.2, 0) is 4.79 Å². The van der Waals surface area contributed by atoms with Crippen molar-refractivity contribution in [2.24, 2.45) is 0 Å². The zero-order chi connectivity index (χ0) is 28.2. The molecule has 4 aromatic carbocycles. The van der Waals surface area contributed by atoms with Gasteiger partial charge in [-0.15, -0.1) is 0 Å². The number of carbonyl (C=O) groups excluding carboxylic acids is 2. The predicted octanol–water partition coefficient (Wildman–Crippen LogP) is 7.01. The Kier molecular flexibility index (Phi) is 7.46. The van der Waals surface area contributed by atoms with Gasteiger partial charge in [0.1, 0.15) is 11.4 Å². The lowest BCUT2D eigenvalue weighted by Gasteiger charge is -2.12. The largest absolute Gasteiger partial charge is 0.497 e. The molecule has 0 fully saturated rings. The van der Waals surface area contributed by atoms with E-state index in [-0.39, 0.29) is 5.91 Å². The van der Waals surface area contributed by atoms with Crippen molar-refractivity contribution in [3.05, 3.63) is 114 Å². The molecule has 5 rings (SSSR count). The first kappa shape index (κ1) is 26.4. The molecule has 200 valence electrons. The van der Waals surface area contributed by atoms with Crippen LogP contribution in [0.4, 0.5) is 5.69 Å². The molecule has 0 saturated carbocycles. The summed E-state index contributed by atoms with van der Waals surface area (Å²) in [6, 6.07) is 30.1. The van der Waals surface area contributed by atoms with Crippen molar-refractivity contribution in [2.75, 3.05) is 12.4 Å². The Bertz CT molecular complexity index is 1670. The summed E-state index contributed by atoms with van der Waals surface area (Å²) in [4.78, 5) is 25.1. The highest BCUT2D eigenvalue weighted by atomic mass is 16.5. The number of aromatic nitrogens is 2. The summed E-state index contributed by atoms with van der Waals surface area (Å²) in [7, 11) is 1.58. The third-order valence-electron chi connectivity index (χ3n) is 6.49. The molecule has 0 aliphatic heterocycles. The van der Waals surface area contributed by atoms with Gasteiger partial charge in [0.2, 0.25) is 5.88 Å². The zero-order valence-corrected chi connectivity index (χ0v) is 22.8. The number of hydrogen-bond donors (Lipinski definition) is 1. The van der Waals surface area contributed by atoms with E-state index in [1.807, 2.05) is 80.6 Å². The van der Waals surface area contributed by atoms with Gasteiger partial charge in [-0.1, -0.05) is 60.2 Å². The molecule has 0 spiro atoms. The van der Waals surface area contributed by atoms with Gasteiger partial charge in [0.05, 0.1) is 18.4 Å². The molecule has 5 aromatic rings. The summed E-state index contributed by atoms with van der Waals surface area (Å²) >= 11 is 0. The fourth-order valence-electron chi connectivity index (χ4n) is 4.56. The number of anilines is 1. The summed E-state index contributed by atoms with van der Waals surface area (Å²) in [6.45, 7) is 5.41. The topological polar surface area (TPSA) is 82.4 Å². The summed E-state index contributed by atoms with van der Waals surface area (Å²) in [5.74, 6) is 0.326. The second-order valence-corrected chi connectivity index (χ2v) is 9.45. The van der Waals surface area contributed by atoms with Crippen LogP contribution < -0.4 is 14.8 Å². The number of benzene rings is 4. The number of hydrogen-bond acceptors (Lipinski definition) is 5. The van der Waals surface area contributed by atoms with Crippen molar-refractivity contribution in [3.8, 4) is 39.7 Å². The smallest absolute Gasteiger partial charge is 0.309 e. The Morgan fingerprint density at radius 2 is 1.52 bits per heavy atom. The van der Waals surface area contributed by atoms with Crippen LogP contribution >= 0.6 is 0 Å². The number of methoxy groups -OCH3 is 1. The fraction of sp³-hybridized carbons (Fsp3) is 0.121. The summed E-state index contributed by atoms with van der Waals surface area (Å²) in [6.07, 6.45) is 0. The Morgan fingerprint density at radius 1 is 0.825 bits per heavy atom. The van der Waals surface area contributed by atoms with E-state index in [2.05, 4.69) is 11.4 Å². The molecule has 0 radical (unpaired) electrons. The van der Waals surface area contributed by atoms with Gasteiger partial charge in [0, 0.05) is 23.7 Å². The van der Waals surface area contributed by atoms with Crippen molar-refractivity contribution >= 4 is 17.6 Å². The number of amides is 1. The van der Waals surface area contributed by atoms with Gasteiger partial charge in [-0.2, -0.15) is 9.78 Å². The third kappa shape index (κ3) is 5.49. The van der Waals surface area contributed by atoms with Gasteiger partial charge in [0.15, 0.2) is 0 Å². The first-order valence-electron chi connectivity index (χ1n) is 12.8. The zero-order valence-electron chi connectivity index (χ0n) is 22.8. The van der Waals surface area contributed by atoms with Crippen molar-refractivity contribution in [3.63, 3.8) is 0 Å². The Hall–Kier alpha value is -5.17. The van der Waals surface area contributed by atoms with Crippen LogP contribution in [0, 0.1) is 13.8 Å². The first-order valence-corrected chi connectivity index (χ1v) is 12.8. The molecule has 0 unspecified atom stereocenters. The maximum Gasteiger partial charge on any atom is 0.309 e. The van der Waals surface area contributed by atoms with E-state index in [1.54, 1.807) is 36.1 Å². The lowest BCUT2D eigenvalue weighted by atomic mass is 10.0. The number of carbonyl (C=O) groups is 2. The van der Waals surface area contributed by atoms with Crippen LogP contribution in [0.1, 0.15) is 28.4 Å². The molecule has 0 aliphatic rings. The van der Waals surface area contributed by atoms with Crippen LogP contribution in [0.25, 0.3) is 28.1 Å². The van der Waals surface area contributed by atoms with Crippen LogP contribution in [0.3, 0.4) is 0 Å². The molecule has 1 amide bonds. The highest BCUT2D eigenvalue weighted by Gasteiger charge is 2.25. The van der Waals surface area contributed by atoms with E-state index in [4.69, 9.17) is 14.6 Å². The van der Waals surface area contributed by atoms with Gasteiger partial charge < -0.3 is 14.8 Å². The quantitative estimate of drug-likeness (QED) is 0.229. The second-order valence-electron chi connectivity index (χ2n) is 9.45. The van der Waals surface area contributed by atoms with Crippen LogP contribution in [0.5, 0.6) is 11.6 Å². The minimum atomic E-state index is -0.449. The summed E-state index contributed by atoms with van der Waals surface area (Å²) in [5.41, 5.74) is 7.09. The van der Waals surface area contributed by atoms with Crippen molar-refractivity contribution in [1.29, 1.82) is 0 Å². The van der Waals surface area contributed by atoms with E-state index in [0.717, 1.165) is 27.9 Å². The summed E-state index contributed by atoms with van der Waals surface area (Å²) < 4.78 is 12.7. The predicted molar refractivity (Wildman–Crippen MR) is 156 cm³/mol. The number of esters is 1. The van der Waals surface area contributed by atoms with E-state index in [1.165, 1.54) is 6.92 Å². The molecule has 0 atom stereocenters. The standard InChI is InChI=1S/C33H29N3O4/c1-21-10-19-29(22(2)20-21)36-33(40-23(3)37)30(31(35-36)25-8-6-5-7-9-25)24-11-15-27(16-12-24)34-32(38)26-13-17-28(39-4)18-14-26/h5-20H,1-4H3,(H,34,38).